The molecule has 0 aliphatic carbocycles. The van der Waals surface area contributed by atoms with Crippen molar-refractivity contribution in [3.8, 4) is 5.75 Å². The van der Waals surface area contributed by atoms with E-state index in [1.165, 1.54) is 0 Å². The van der Waals surface area contributed by atoms with Crippen LogP contribution in [0.25, 0.3) is 0 Å². The van der Waals surface area contributed by atoms with Gasteiger partial charge in [0.2, 0.25) is 5.91 Å². The minimum Gasteiger partial charge on any atom is -0.491 e. The molecule has 41 heavy (non-hydrogen) atoms. The highest BCUT2D eigenvalue weighted by Gasteiger charge is 2.25. The largest absolute Gasteiger partial charge is 0.491 e. The van der Waals surface area contributed by atoms with E-state index in [4.69, 9.17) is 16.3 Å². The monoisotopic (exact) mass is 579 g/mol. The number of amides is 3. The van der Waals surface area contributed by atoms with Crippen molar-refractivity contribution < 1.29 is 19.1 Å². The molecule has 0 fully saturated rings. The van der Waals surface area contributed by atoms with Crippen molar-refractivity contribution in [2.24, 2.45) is 13.0 Å². The Morgan fingerprint density at radius 1 is 1.12 bits per heavy atom. The van der Waals surface area contributed by atoms with E-state index in [0.717, 1.165) is 17.7 Å². The average Bonchev–Trinajstić information content (AvgIpc) is 3.29. The number of hydrogen-bond acceptors (Lipinski definition) is 5. The SMILES string of the molecule is CC(C)Cc1cc(C(=O)N2CCCCNC(=O)c3cc(Cl)ccc3OC[C@H](Cc3ccccc3)NC(=O)C2)n(C)n1. The lowest BCUT2D eigenvalue weighted by atomic mass is 10.1. The number of aryl methyl sites for hydroxylation is 1. The maximum Gasteiger partial charge on any atom is 0.272 e. The lowest BCUT2D eigenvalue weighted by Gasteiger charge is -2.25. The molecule has 218 valence electrons. The minimum atomic E-state index is -0.409. The van der Waals surface area contributed by atoms with Gasteiger partial charge in [0.15, 0.2) is 0 Å². The van der Waals surface area contributed by atoms with Crippen molar-refractivity contribution in [3.05, 3.63) is 82.1 Å². The Morgan fingerprint density at radius 2 is 1.90 bits per heavy atom. The fraction of sp³-hybridized carbons (Fsp3) is 0.419. The number of aromatic nitrogens is 2. The molecule has 2 heterocycles. The van der Waals surface area contributed by atoms with Gasteiger partial charge in [-0.05, 0) is 61.4 Å². The van der Waals surface area contributed by atoms with Crippen LogP contribution in [-0.2, 0) is 24.7 Å². The fourth-order valence-electron chi connectivity index (χ4n) is 4.88. The van der Waals surface area contributed by atoms with Crippen LogP contribution >= 0.6 is 11.6 Å². The summed E-state index contributed by atoms with van der Waals surface area (Å²) in [5.41, 5.74) is 2.64. The van der Waals surface area contributed by atoms with Crippen LogP contribution in [0.3, 0.4) is 0 Å². The first-order valence-electron chi connectivity index (χ1n) is 14.1. The topological polar surface area (TPSA) is 106 Å². The summed E-state index contributed by atoms with van der Waals surface area (Å²) in [5, 5.41) is 10.9. The van der Waals surface area contributed by atoms with Crippen LogP contribution in [0.4, 0.5) is 0 Å². The average molecular weight is 580 g/mol. The van der Waals surface area contributed by atoms with E-state index in [9.17, 15) is 14.4 Å². The van der Waals surface area contributed by atoms with E-state index < -0.39 is 6.04 Å². The molecule has 2 aromatic carbocycles. The van der Waals surface area contributed by atoms with Crippen LogP contribution in [0.5, 0.6) is 5.75 Å². The van der Waals surface area contributed by atoms with Gasteiger partial charge < -0.3 is 20.3 Å². The Labute approximate surface area is 246 Å². The normalized spacial score (nSPS) is 17.1. The molecule has 1 aliphatic rings. The number of nitrogens with zero attached hydrogens (tertiary/aromatic N) is 3. The second-order valence-electron chi connectivity index (χ2n) is 10.8. The predicted molar refractivity (Wildman–Crippen MR) is 158 cm³/mol. The number of rotatable bonds is 5. The van der Waals surface area contributed by atoms with Gasteiger partial charge in [0.05, 0.1) is 23.8 Å². The number of ether oxygens (including phenoxy) is 1. The number of fused-ring (bicyclic) bond motifs is 1. The Morgan fingerprint density at radius 3 is 2.66 bits per heavy atom. The first kappa shape index (κ1) is 30.1. The molecule has 0 unspecified atom stereocenters. The minimum absolute atomic E-state index is 0.104. The van der Waals surface area contributed by atoms with Crippen LogP contribution in [0, 0.1) is 5.92 Å². The quantitative estimate of drug-likeness (QED) is 0.474. The van der Waals surface area contributed by atoms with E-state index in [-0.39, 0.29) is 30.9 Å². The van der Waals surface area contributed by atoms with E-state index in [1.54, 1.807) is 34.8 Å². The summed E-state index contributed by atoms with van der Waals surface area (Å²) in [6.45, 7) is 4.98. The van der Waals surface area contributed by atoms with Gasteiger partial charge in [-0.1, -0.05) is 55.8 Å². The molecule has 4 rings (SSSR count). The zero-order valence-electron chi connectivity index (χ0n) is 23.9. The third-order valence-corrected chi connectivity index (χ3v) is 7.08. The Balaban J connectivity index is 1.58. The Bertz CT molecular complexity index is 1360. The number of halogens is 1. The highest BCUT2D eigenvalue weighted by molar-refractivity contribution is 6.31. The highest BCUT2D eigenvalue weighted by atomic mass is 35.5. The van der Waals surface area contributed by atoms with Gasteiger partial charge in [0.1, 0.15) is 18.1 Å². The number of nitrogens with one attached hydrogen (secondary N) is 2. The third kappa shape index (κ3) is 8.57. The van der Waals surface area contributed by atoms with E-state index in [1.807, 2.05) is 36.4 Å². The second kappa shape index (κ2) is 14.2. The predicted octanol–water partition coefficient (Wildman–Crippen LogP) is 4.04. The molecule has 0 saturated carbocycles. The summed E-state index contributed by atoms with van der Waals surface area (Å²) in [6.07, 6.45) is 2.49. The molecule has 0 radical (unpaired) electrons. The molecule has 1 atom stereocenters. The van der Waals surface area contributed by atoms with Crippen molar-refractivity contribution in [2.75, 3.05) is 26.2 Å². The molecule has 0 bridgehead atoms. The number of carbonyl (C=O) groups excluding carboxylic acids is 3. The van der Waals surface area contributed by atoms with Gasteiger partial charge in [-0.3, -0.25) is 19.1 Å². The molecular weight excluding hydrogens is 542 g/mol. The molecule has 10 heteroatoms. The van der Waals surface area contributed by atoms with E-state index in [0.29, 0.717) is 60.3 Å². The molecule has 3 amide bonds. The molecule has 9 nitrogen and oxygen atoms in total. The van der Waals surface area contributed by atoms with Gasteiger partial charge in [-0.15, -0.1) is 0 Å². The summed E-state index contributed by atoms with van der Waals surface area (Å²) in [6, 6.07) is 16.1. The van der Waals surface area contributed by atoms with Crippen molar-refractivity contribution >= 4 is 29.3 Å². The maximum absolute atomic E-state index is 13.6. The van der Waals surface area contributed by atoms with Crippen LogP contribution in [0.15, 0.2) is 54.6 Å². The lowest BCUT2D eigenvalue weighted by molar-refractivity contribution is -0.122. The summed E-state index contributed by atoms with van der Waals surface area (Å²) in [7, 11) is 1.75. The maximum atomic E-state index is 13.6. The van der Waals surface area contributed by atoms with Crippen LogP contribution in [0.1, 0.15) is 58.8 Å². The highest BCUT2D eigenvalue weighted by Crippen LogP contribution is 2.24. The number of carbonyl (C=O) groups is 3. The molecule has 3 aromatic rings. The number of benzene rings is 2. The van der Waals surface area contributed by atoms with Crippen molar-refractivity contribution in [3.63, 3.8) is 0 Å². The van der Waals surface area contributed by atoms with Gasteiger partial charge in [0.25, 0.3) is 11.8 Å². The van der Waals surface area contributed by atoms with Gasteiger partial charge in [0, 0.05) is 25.2 Å². The van der Waals surface area contributed by atoms with E-state index >= 15 is 0 Å². The van der Waals surface area contributed by atoms with Gasteiger partial charge in [-0.2, -0.15) is 5.10 Å². The zero-order chi connectivity index (χ0) is 29.4. The van der Waals surface area contributed by atoms with Crippen molar-refractivity contribution in [1.82, 2.24) is 25.3 Å². The van der Waals surface area contributed by atoms with Crippen LogP contribution in [-0.4, -0.2) is 64.7 Å². The molecule has 0 saturated heterocycles. The van der Waals surface area contributed by atoms with E-state index in [2.05, 4.69) is 29.6 Å². The van der Waals surface area contributed by atoms with Gasteiger partial charge >= 0.3 is 0 Å². The summed E-state index contributed by atoms with van der Waals surface area (Å²) < 4.78 is 7.68. The van der Waals surface area contributed by atoms with Crippen LogP contribution < -0.4 is 15.4 Å². The Hall–Kier alpha value is -3.85. The van der Waals surface area contributed by atoms with Crippen molar-refractivity contribution in [2.45, 2.75) is 45.6 Å². The molecular formula is C31H38ClN5O4. The van der Waals surface area contributed by atoms with Gasteiger partial charge in [-0.25, -0.2) is 0 Å². The molecule has 1 aromatic heterocycles. The van der Waals surface area contributed by atoms with Crippen LogP contribution in [0.2, 0.25) is 5.02 Å². The standard InChI is InChI=1S/C31H38ClN5O4/c1-21(2)15-24-18-27(36(3)35-24)31(40)37-14-8-7-13-33-30(39)26-17-23(32)11-12-28(26)41-20-25(34-29(38)19-37)16-22-9-5-4-6-10-22/h4-6,9-12,17-18,21,25H,7-8,13-16,19-20H2,1-3H3,(H,33,39)(H,34,38)/t25-/m0/s1. The summed E-state index contributed by atoms with van der Waals surface area (Å²) in [4.78, 5) is 41.6. The Kier molecular flexibility index (Phi) is 10.4. The number of hydrogen-bond donors (Lipinski definition) is 2. The molecule has 1 aliphatic heterocycles. The first-order valence-corrected chi connectivity index (χ1v) is 14.4. The first-order chi connectivity index (χ1) is 19.7. The molecule has 0 spiro atoms. The second-order valence-corrected chi connectivity index (χ2v) is 11.3. The summed E-state index contributed by atoms with van der Waals surface area (Å²) in [5.74, 6) is -0.0383. The van der Waals surface area contributed by atoms with Crippen molar-refractivity contribution in [1.29, 1.82) is 0 Å². The third-order valence-electron chi connectivity index (χ3n) is 6.85. The molecule has 2 N–H and O–H groups in total. The lowest BCUT2D eigenvalue weighted by Crippen LogP contribution is -2.47. The fourth-order valence-corrected chi connectivity index (χ4v) is 5.05. The zero-order valence-corrected chi connectivity index (χ0v) is 24.6. The summed E-state index contributed by atoms with van der Waals surface area (Å²) >= 11 is 6.19. The smallest absolute Gasteiger partial charge is 0.272 e.